The van der Waals surface area contributed by atoms with Gasteiger partial charge < -0.3 is 11.1 Å². The lowest BCUT2D eigenvalue weighted by Crippen LogP contribution is -2.32. The Morgan fingerprint density at radius 1 is 1.59 bits per heavy atom. The van der Waals surface area contributed by atoms with Crippen molar-refractivity contribution in [2.45, 2.75) is 19.9 Å². The Morgan fingerprint density at radius 3 is 2.94 bits per heavy atom. The third-order valence-electron chi connectivity index (χ3n) is 2.54. The van der Waals surface area contributed by atoms with E-state index in [4.69, 9.17) is 5.73 Å². The highest BCUT2D eigenvalue weighted by atomic mass is 16.2. The first-order chi connectivity index (χ1) is 7.99. The SMILES string of the molecule is Cc1nn(C)c2ncc(NC(=O)[C@H](C)N)cc12. The molecule has 6 heteroatoms. The van der Waals surface area contributed by atoms with E-state index in [1.165, 1.54) is 0 Å². The minimum Gasteiger partial charge on any atom is -0.323 e. The summed E-state index contributed by atoms with van der Waals surface area (Å²) < 4.78 is 1.71. The van der Waals surface area contributed by atoms with Gasteiger partial charge in [0, 0.05) is 12.4 Å². The van der Waals surface area contributed by atoms with Crippen LogP contribution in [0.1, 0.15) is 12.6 Å². The van der Waals surface area contributed by atoms with E-state index in [0.29, 0.717) is 5.69 Å². The molecule has 0 radical (unpaired) electrons. The molecule has 0 bridgehead atoms. The van der Waals surface area contributed by atoms with Crippen LogP contribution in [0.3, 0.4) is 0 Å². The molecule has 2 heterocycles. The lowest BCUT2D eigenvalue weighted by atomic mass is 10.2. The van der Waals surface area contributed by atoms with E-state index < -0.39 is 6.04 Å². The Hall–Kier alpha value is -1.95. The van der Waals surface area contributed by atoms with Crippen LogP contribution in [0.5, 0.6) is 0 Å². The molecular formula is C11H15N5O. The fourth-order valence-corrected chi connectivity index (χ4v) is 1.63. The minimum atomic E-state index is -0.541. The summed E-state index contributed by atoms with van der Waals surface area (Å²) in [7, 11) is 1.84. The van der Waals surface area contributed by atoms with Gasteiger partial charge in [-0.3, -0.25) is 9.48 Å². The van der Waals surface area contributed by atoms with Gasteiger partial charge in [0.05, 0.1) is 23.6 Å². The Bertz CT molecular complexity index is 572. The molecule has 2 rings (SSSR count). The second-order valence-electron chi connectivity index (χ2n) is 4.08. The number of amides is 1. The molecule has 0 aliphatic carbocycles. The molecular weight excluding hydrogens is 218 g/mol. The average Bonchev–Trinajstić information content (AvgIpc) is 2.54. The van der Waals surface area contributed by atoms with E-state index in [1.54, 1.807) is 17.8 Å². The van der Waals surface area contributed by atoms with Gasteiger partial charge in [-0.1, -0.05) is 0 Å². The van der Waals surface area contributed by atoms with Gasteiger partial charge in [0.2, 0.25) is 5.91 Å². The topological polar surface area (TPSA) is 85.8 Å². The summed E-state index contributed by atoms with van der Waals surface area (Å²) >= 11 is 0. The summed E-state index contributed by atoms with van der Waals surface area (Å²) in [4.78, 5) is 15.7. The zero-order valence-corrected chi connectivity index (χ0v) is 10.1. The predicted octanol–water partition coefficient (Wildman–Crippen LogP) is 0.562. The van der Waals surface area contributed by atoms with Gasteiger partial charge >= 0.3 is 0 Å². The number of aromatic nitrogens is 3. The first kappa shape index (κ1) is 11.5. The van der Waals surface area contributed by atoms with Gasteiger partial charge in [-0.05, 0) is 19.9 Å². The van der Waals surface area contributed by atoms with Crippen LogP contribution in [-0.4, -0.2) is 26.7 Å². The van der Waals surface area contributed by atoms with Gasteiger partial charge in [-0.15, -0.1) is 0 Å². The molecule has 0 saturated heterocycles. The van der Waals surface area contributed by atoms with Crippen molar-refractivity contribution in [2.24, 2.45) is 12.8 Å². The number of hydrogen-bond donors (Lipinski definition) is 2. The Balaban J connectivity index is 2.38. The number of rotatable bonds is 2. The molecule has 0 aliphatic rings. The Labute approximate surface area is 98.8 Å². The minimum absolute atomic E-state index is 0.229. The maximum absolute atomic E-state index is 11.5. The van der Waals surface area contributed by atoms with Crippen molar-refractivity contribution in [3.8, 4) is 0 Å². The highest BCUT2D eigenvalue weighted by Gasteiger charge is 2.10. The predicted molar refractivity (Wildman–Crippen MR) is 65.5 cm³/mol. The number of carbonyl (C=O) groups is 1. The van der Waals surface area contributed by atoms with E-state index in [2.05, 4.69) is 15.4 Å². The second-order valence-corrected chi connectivity index (χ2v) is 4.08. The summed E-state index contributed by atoms with van der Waals surface area (Å²) in [6, 6.07) is 1.31. The molecule has 2 aromatic heterocycles. The molecule has 0 aromatic carbocycles. The van der Waals surface area contributed by atoms with E-state index in [9.17, 15) is 4.79 Å². The van der Waals surface area contributed by atoms with Crippen LogP contribution in [-0.2, 0) is 11.8 Å². The number of nitrogens with zero attached hydrogens (tertiary/aromatic N) is 3. The van der Waals surface area contributed by atoms with Crippen LogP contribution in [0.25, 0.3) is 11.0 Å². The molecule has 17 heavy (non-hydrogen) atoms. The third kappa shape index (κ3) is 2.12. The maximum atomic E-state index is 11.5. The van der Waals surface area contributed by atoms with Crippen LogP contribution >= 0.6 is 0 Å². The van der Waals surface area contributed by atoms with Crippen molar-refractivity contribution in [1.29, 1.82) is 0 Å². The molecule has 90 valence electrons. The van der Waals surface area contributed by atoms with E-state index in [-0.39, 0.29) is 5.91 Å². The highest BCUT2D eigenvalue weighted by Crippen LogP contribution is 2.19. The number of aryl methyl sites for hydroxylation is 2. The normalized spacial score (nSPS) is 12.7. The molecule has 0 fully saturated rings. The third-order valence-corrected chi connectivity index (χ3v) is 2.54. The quantitative estimate of drug-likeness (QED) is 0.793. The molecule has 6 nitrogen and oxygen atoms in total. The van der Waals surface area contributed by atoms with Crippen LogP contribution in [0.2, 0.25) is 0 Å². The first-order valence-corrected chi connectivity index (χ1v) is 5.35. The van der Waals surface area contributed by atoms with Crippen LogP contribution in [0.15, 0.2) is 12.3 Å². The second kappa shape index (κ2) is 4.14. The highest BCUT2D eigenvalue weighted by molar-refractivity contribution is 5.96. The van der Waals surface area contributed by atoms with E-state index in [0.717, 1.165) is 16.7 Å². The number of hydrogen-bond acceptors (Lipinski definition) is 4. The van der Waals surface area contributed by atoms with E-state index in [1.807, 2.05) is 20.0 Å². The Kier molecular flexibility index (Phi) is 2.81. The van der Waals surface area contributed by atoms with Gasteiger partial charge in [0.15, 0.2) is 5.65 Å². The number of fused-ring (bicyclic) bond motifs is 1. The average molecular weight is 233 g/mol. The first-order valence-electron chi connectivity index (χ1n) is 5.35. The van der Waals surface area contributed by atoms with Crippen molar-refractivity contribution in [1.82, 2.24) is 14.8 Å². The van der Waals surface area contributed by atoms with Crippen LogP contribution in [0.4, 0.5) is 5.69 Å². The summed E-state index contributed by atoms with van der Waals surface area (Å²) in [6.45, 7) is 3.54. The molecule has 0 spiro atoms. The van der Waals surface area contributed by atoms with Gasteiger partial charge in [-0.25, -0.2) is 4.98 Å². The van der Waals surface area contributed by atoms with Crippen LogP contribution in [0, 0.1) is 6.92 Å². The number of carbonyl (C=O) groups excluding carboxylic acids is 1. The van der Waals surface area contributed by atoms with Gasteiger partial charge in [0.1, 0.15) is 0 Å². The lowest BCUT2D eigenvalue weighted by Gasteiger charge is -2.07. The van der Waals surface area contributed by atoms with Crippen molar-refractivity contribution < 1.29 is 4.79 Å². The fourth-order valence-electron chi connectivity index (χ4n) is 1.63. The summed E-state index contributed by atoms with van der Waals surface area (Å²) in [5.74, 6) is -0.229. The number of nitrogens with one attached hydrogen (secondary N) is 1. The standard InChI is InChI=1S/C11H15N5O/c1-6(12)11(17)14-8-4-9-7(2)15-16(3)10(9)13-5-8/h4-6H,12H2,1-3H3,(H,14,17)/t6-/m0/s1. The summed E-state index contributed by atoms with van der Waals surface area (Å²) in [5.41, 5.74) is 7.79. The number of anilines is 1. The summed E-state index contributed by atoms with van der Waals surface area (Å²) in [6.07, 6.45) is 1.60. The molecule has 2 aromatic rings. The lowest BCUT2D eigenvalue weighted by molar-refractivity contribution is -0.117. The molecule has 0 aliphatic heterocycles. The molecule has 3 N–H and O–H groups in total. The number of nitrogens with two attached hydrogens (primary N) is 1. The maximum Gasteiger partial charge on any atom is 0.241 e. The van der Waals surface area contributed by atoms with Crippen molar-refractivity contribution in [2.75, 3.05) is 5.32 Å². The molecule has 0 unspecified atom stereocenters. The molecule has 1 amide bonds. The smallest absolute Gasteiger partial charge is 0.241 e. The number of pyridine rings is 1. The fraction of sp³-hybridized carbons (Fsp3) is 0.364. The Morgan fingerprint density at radius 2 is 2.29 bits per heavy atom. The largest absolute Gasteiger partial charge is 0.323 e. The van der Waals surface area contributed by atoms with Crippen LogP contribution < -0.4 is 11.1 Å². The summed E-state index contributed by atoms with van der Waals surface area (Å²) in [5, 5.41) is 7.89. The molecule has 0 saturated carbocycles. The van der Waals surface area contributed by atoms with Crippen molar-refractivity contribution in [3.05, 3.63) is 18.0 Å². The molecule has 1 atom stereocenters. The van der Waals surface area contributed by atoms with E-state index >= 15 is 0 Å². The van der Waals surface area contributed by atoms with Gasteiger partial charge in [0.25, 0.3) is 0 Å². The monoisotopic (exact) mass is 233 g/mol. The van der Waals surface area contributed by atoms with Crippen molar-refractivity contribution >= 4 is 22.6 Å². The zero-order chi connectivity index (χ0) is 12.6. The zero-order valence-electron chi connectivity index (χ0n) is 10.1. The van der Waals surface area contributed by atoms with Crippen molar-refractivity contribution in [3.63, 3.8) is 0 Å². The van der Waals surface area contributed by atoms with Gasteiger partial charge in [-0.2, -0.15) is 5.10 Å².